The van der Waals surface area contributed by atoms with Gasteiger partial charge in [0, 0.05) is 23.9 Å². The van der Waals surface area contributed by atoms with E-state index in [0.29, 0.717) is 11.5 Å². The Kier molecular flexibility index (Phi) is 4.38. The minimum atomic E-state index is -0.0908. The number of nitrogens with one attached hydrogen (secondary N) is 1. The number of anilines is 2. The summed E-state index contributed by atoms with van der Waals surface area (Å²) in [5, 5.41) is 4.60. The second kappa shape index (κ2) is 6.70. The van der Waals surface area contributed by atoms with Crippen LogP contribution in [0.3, 0.4) is 0 Å². The zero-order chi connectivity index (χ0) is 18.3. The number of methoxy groups -OCH3 is 1. The molecule has 4 rings (SSSR count). The van der Waals surface area contributed by atoms with Crippen molar-refractivity contribution in [2.45, 2.75) is 33.0 Å². The van der Waals surface area contributed by atoms with Crippen LogP contribution in [0.5, 0.6) is 0 Å². The lowest BCUT2D eigenvalue weighted by Gasteiger charge is -2.36. The lowest BCUT2D eigenvalue weighted by Crippen LogP contribution is -2.48. The molecule has 0 saturated carbocycles. The molecular formula is C20H21N3O2S. The maximum Gasteiger partial charge on any atom is 0.272 e. The smallest absolute Gasteiger partial charge is 0.272 e. The predicted octanol–water partition coefficient (Wildman–Crippen LogP) is 4.56. The quantitative estimate of drug-likeness (QED) is 0.734. The molecule has 1 N–H and O–H groups in total. The minimum Gasteiger partial charge on any atom is -0.380 e. The molecule has 1 aliphatic heterocycles. The summed E-state index contributed by atoms with van der Waals surface area (Å²) in [6.07, 6.45) is 0.711. The van der Waals surface area contributed by atoms with Gasteiger partial charge in [-0.05, 0) is 37.1 Å². The summed E-state index contributed by atoms with van der Waals surface area (Å²) in [7, 11) is 1.69. The van der Waals surface area contributed by atoms with Gasteiger partial charge in [-0.3, -0.25) is 9.69 Å². The highest BCUT2D eigenvalue weighted by molar-refractivity contribution is 7.21. The molecule has 134 valence electrons. The Morgan fingerprint density at radius 3 is 2.77 bits per heavy atom. The number of thiophene rings is 1. The topological polar surface area (TPSA) is 54.5 Å². The molecule has 5 nitrogen and oxygen atoms in total. The lowest BCUT2D eigenvalue weighted by atomic mass is 10.1. The van der Waals surface area contributed by atoms with Crippen molar-refractivity contribution in [3.8, 4) is 0 Å². The molecule has 3 aromatic rings. The number of nitrogens with zero attached hydrogens (tertiary/aromatic N) is 2. The highest BCUT2D eigenvalue weighted by Crippen LogP contribution is 2.42. The van der Waals surface area contributed by atoms with Gasteiger partial charge in [-0.1, -0.05) is 25.1 Å². The van der Waals surface area contributed by atoms with Crippen LogP contribution in [0.2, 0.25) is 0 Å². The van der Waals surface area contributed by atoms with E-state index in [1.54, 1.807) is 7.11 Å². The zero-order valence-corrected chi connectivity index (χ0v) is 15.9. The molecule has 0 aliphatic carbocycles. The van der Waals surface area contributed by atoms with Gasteiger partial charge in [0.1, 0.15) is 15.9 Å². The molecule has 1 aromatic carbocycles. The number of hydrogen-bond donors (Lipinski definition) is 1. The van der Waals surface area contributed by atoms with Gasteiger partial charge >= 0.3 is 0 Å². The van der Waals surface area contributed by atoms with Crippen molar-refractivity contribution in [2.75, 3.05) is 17.3 Å². The van der Waals surface area contributed by atoms with Gasteiger partial charge in [0.2, 0.25) is 0 Å². The normalized spacial score (nSPS) is 16.7. The van der Waals surface area contributed by atoms with Crippen molar-refractivity contribution in [1.82, 2.24) is 4.98 Å². The van der Waals surface area contributed by atoms with Crippen LogP contribution < -0.4 is 10.2 Å². The van der Waals surface area contributed by atoms with Crippen LogP contribution in [-0.2, 0) is 11.3 Å². The maximum absolute atomic E-state index is 13.3. The molecule has 1 atom stereocenters. The second-order valence-electron chi connectivity index (χ2n) is 6.42. The van der Waals surface area contributed by atoms with E-state index in [1.807, 2.05) is 48.2 Å². The summed E-state index contributed by atoms with van der Waals surface area (Å²) in [5.74, 6) is 0.0285. The molecule has 2 aromatic heterocycles. The third-order valence-electron chi connectivity index (χ3n) is 4.63. The van der Waals surface area contributed by atoms with Gasteiger partial charge in [-0.15, -0.1) is 11.3 Å². The molecule has 0 spiro atoms. The molecule has 1 amide bonds. The number of para-hydroxylation sites is 1. The fourth-order valence-electron chi connectivity index (χ4n) is 3.52. The van der Waals surface area contributed by atoms with Crippen molar-refractivity contribution < 1.29 is 9.53 Å². The number of rotatable bonds is 4. The largest absolute Gasteiger partial charge is 0.380 e. The number of fused-ring (bicyclic) bond motifs is 3. The molecule has 0 saturated heterocycles. The third kappa shape index (κ3) is 2.66. The first-order valence-electron chi connectivity index (χ1n) is 8.71. The Balaban J connectivity index is 1.90. The minimum absolute atomic E-state index is 0.0285. The summed E-state index contributed by atoms with van der Waals surface area (Å²) >= 11 is 1.45. The average molecular weight is 367 g/mol. The van der Waals surface area contributed by atoms with Gasteiger partial charge < -0.3 is 10.1 Å². The van der Waals surface area contributed by atoms with Gasteiger partial charge in [0.15, 0.2) is 0 Å². The molecule has 26 heavy (non-hydrogen) atoms. The van der Waals surface area contributed by atoms with Crippen LogP contribution in [0, 0.1) is 6.92 Å². The monoisotopic (exact) mass is 367 g/mol. The Hall–Kier alpha value is -2.44. The zero-order valence-electron chi connectivity index (χ0n) is 15.1. The predicted molar refractivity (Wildman–Crippen MR) is 106 cm³/mol. The highest BCUT2D eigenvalue weighted by atomic mass is 32.1. The molecule has 3 heterocycles. The first kappa shape index (κ1) is 17.0. The van der Waals surface area contributed by atoms with Crippen LogP contribution in [0.4, 0.5) is 11.4 Å². The van der Waals surface area contributed by atoms with Gasteiger partial charge in [0.05, 0.1) is 12.3 Å². The number of carbonyl (C=O) groups is 1. The number of benzene rings is 1. The van der Waals surface area contributed by atoms with Crippen molar-refractivity contribution >= 4 is 38.8 Å². The molecule has 0 bridgehead atoms. The van der Waals surface area contributed by atoms with Crippen LogP contribution in [0.1, 0.15) is 34.3 Å². The van der Waals surface area contributed by atoms with Gasteiger partial charge in [-0.2, -0.15) is 0 Å². The molecule has 0 unspecified atom stereocenters. The molecule has 0 fully saturated rings. The van der Waals surface area contributed by atoms with E-state index in [0.717, 1.165) is 39.3 Å². The number of ether oxygens (including phenoxy) is 1. The van der Waals surface area contributed by atoms with Crippen LogP contribution >= 0.6 is 11.3 Å². The van der Waals surface area contributed by atoms with Crippen molar-refractivity contribution in [3.63, 3.8) is 0 Å². The highest BCUT2D eigenvalue weighted by Gasteiger charge is 2.35. The Labute approximate surface area is 156 Å². The van der Waals surface area contributed by atoms with Crippen LogP contribution in [-0.4, -0.2) is 24.2 Å². The maximum atomic E-state index is 13.3. The Morgan fingerprint density at radius 1 is 1.31 bits per heavy atom. The fraction of sp³-hybridized carbons (Fsp3) is 0.300. The summed E-state index contributed by atoms with van der Waals surface area (Å²) in [4.78, 5) is 21.4. The van der Waals surface area contributed by atoms with E-state index in [9.17, 15) is 4.79 Å². The average Bonchev–Trinajstić information content (AvgIpc) is 3.01. The van der Waals surface area contributed by atoms with E-state index < -0.39 is 0 Å². The van der Waals surface area contributed by atoms with E-state index >= 15 is 0 Å². The number of aromatic nitrogens is 1. The van der Waals surface area contributed by atoms with E-state index in [-0.39, 0.29) is 12.1 Å². The molecule has 1 aliphatic rings. The SMILES string of the molecule is CC[C@@H]1Nc2c(sc3nc(C)cc(COC)c23)C(=O)N1c1ccccc1. The molecule has 0 radical (unpaired) electrons. The van der Waals surface area contributed by atoms with Gasteiger partial charge in [-0.25, -0.2) is 4.98 Å². The first-order valence-corrected chi connectivity index (χ1v) is 9.52. The van der Waals surface area contributed by atoms with Crippen molar-refractivity contribution in [3.05, 3.63) is 52.5 Å². The molecular weight excluding hydrogens is 346 g/mol. The van der Waals surface area contributed by atoms with E-state index in [4.69, 9.17) is 4.74 Å². The standard InChI is InChI=1S/C20H21N3O2S/c1-4-15-22-17-16-13(11-25-3)10-12(2)21-19(16)26-18(17)20(24)23(15)14-8-6-5-7-9-14/h5-10,15,22H,4,11H2,1-3H3/t15-/m1/s1. The fourth-order valence-corrected chi connectivity index (χ4v) is 4.69. The summed E-state index contributed by atoms with van der Waals surface area (Å²) in [6, 6.07) is 11.9. The van der Waals surface area contributed by atoms with E-state index in [1.165, 1.54) is 11.3 Å². The molecule has 6 heteroatoms. The first-order chi connectivity index (χ1) is 12.6. The number of amides is 1. The summed E-state index contributed by atoms with van der Waals surface area (Å²) in [6.45, 7) is 4.55. The van der Waals surface area contributed by atoms with E-state index in [2.05, 4.69) is 17.2 Å². The Bertz CT molecular complexity index is 968. The Morgan fingerprint density at radius 2 is 2.08 bits per heavy atom. The summed E-state index contributed by atoms with van der Waals surface area (Å²) < 4.78 is 5.38. The summed E-state index contributed by atoms with van der Waals surface area (Å²) in [5.41, 5.74) is 3.80. The number of aryl methyl sites for hydroxylation is 1. The number of pyridine rings is 1. The number of hydrogen-bond acceptors (Lipinski definition) is 5. The van der Waals surface area contributed by atoms with Crippen molar-refractivity contribution in [2.24, 2.45) is 0 Å². The lowest BCUT2D eigenvalue weighted by molar-refractivity contribution is 0.0978. The van der Waals surface area contributed by atoms with Crippen molar-refractivity contribution in [1.29, 1.82) is 0 Å². The third-order valence-corrected chi connectivity index (χ3v) is 5.70. The van der Waals surface area contributed by atoms with Crippen LogP contribution in [0.25, 0.3) is 10.2 Å². The van der Waals surface area contributed by atoms with Crippen LogP contribution in [0.15, 0.2) is 36.4 Å². The number of carbonyl (C=O) groups excluding carboxylic acids is 1. The second-order valence-corrected chi connectivity index (χ2v) is 7.42. The van der Waals surface area contributed by atoms with Gasteiger partial charge in [0.25, 0.3) is 5.91 Å².